The zero-order valence-electron chi connectivity index (χ0n) is 46.8. The fourth-order valence-corrected chi connectivity index (χ4v) is 11.6. The average Bonchev–Trinajstić information content (AvgIpc) is 3.48. The van der Waals surface area contributed by atoms with Crippen molar-refractivity contribution in [1.29, 1.82) is 0 Å². The maximum absolute atomic E-state index is 2.43. The van der Waals surface area contributed by atoms with E-state index in [4.69, 9.17) is 0 Å². The summed E-state index contributed by atoms with van der Waals surface area (Å²) in [7, 11) is 0. The molecule has 0 aromatic heterocycles. The van der Waals surface area contributed by atoms with E-state index in [1.54, 1.807) is 0 Å². The fraction of sp³-hybridized carbons (Fsp3) is 0.132. The number of fused-ring (bicyclic) bond motifs is 3. The van der Waals surface area contributed by atoms with Crippen molar-refractivity contribution in [2.45, 2.75) is 54.4 Å². The molecular formula is C76H68N4. The number of hydrogen-bond acceptors (Lipinski definition) is 4. The van der Waals surface area contributed by atoms with Gasteiger partial charge in [0.1, 0.15) is 0 Å². The minimum Gasteiger partial charge on any atom is -0.310 e. The second kappa shape index (κ2) is 21.8. The molecule has 0 spiro atoms. The SMILES string of the molecule is CC(C)(C)Cc1cccc(N(c2ccc(N(c3ccc(N(c4ccccc4)c4cccc5ccccc45)cc3)c3ccc(N(c4ccccc4)c4cc(CC(C)(C)C)cc5ccccc45)cc3)cc2)c2cccc3ccccc23)c1. The molecule has 80 heavy (non-hydrogen) atoms. The first kappa shape index (κ1) is 51.4. The quantitative estimate of drug-likeness (QED) is 0.108. The Morgan fingerprint density at radius 3 is 0.988 bits per heavy atom. The van der Waals surface area contributed by atoms with E-state index in [-0.39, 0.29) is 10.8 Å². The third kappa shape index (κ3) is 10.9. The Labute approximate surface area is 473 Å². The van der Waals surface area contributed by atoms with Gasteiger partial charge in [0.2, 0.25) is 0 Å². The zero-order valence-corrected chi connectivity index (χ0v) is 46.8. The van der Waals surface area contributed by atoms with Crippen LogP contribution in [-0.2, 0) is 12.8 Å². The van der Waals surface area contributed by atoms with E-state index in [2.05, 4.69) is 340 Å². The lowest BCUT2D eigenvalue weighted by atomic mass is 9.87. The van der Waals surface area contributed by atoms with Crippen LogP contribution in [0.15, 0.2) is 279 Å². The minimum atomic E-state index is 0.125. The third-order valence-electron chi connectivity index (χ3n) is 14.9. The van der Waals surface area contributed by atoms with Gasteiger partial charge >= 0.3 is 0 Å². The highest BCUT2D eigenvalue weighted by atomic mass is 15.2. The predicted molar refractivity (Wildman–Crippen MR) is 344 cm³/mol. The van der Waals surface area contributed by atoms with Crippen molar-refractivity contribution < 1.29 is 0 Å². The van der Waals surface area contributed by atoms with E-state index in [1.807, 2.05) is 0 Å². The number of rotatable bonds is 14. The third-order valence-corrected chi connectivity index (χ3v) is 14.9. The lowest BCUT2D eigenvalue weighted by Gasteiger charge is -2.31. The first-order chi connectivity index (χ1) is 38.9. The molecule has 0 heterocycles. The number of nitrogens with zero attached hydrogens (tertiary/aromatic N) is 4. The van der Waals surface area contributed by atoms with Gasteiger partial charge in [0.15, 0.2) is 0 Å². The number of benzene rings is 12. The molecule has 0 aliphatic carbocycles. The Morgan fingerprint density at radius 1 is 0.225 bits per heavy atom. The van der Waals surface area contributed by atoms with Crippen LogP contribution in [0.4, 0.5) is 68.2 Å². The summed E-state index contributed by atoms with van der Waals surface area (Å²) in [5.41, 5.74) is 16.0. The highest BCUT2D eigenvalue weighted by Gasteiger charge is 2.23. The molecule has 392 valence electrons. The van der Waals surface area contributed by atoms with E-state index in [0.717, 1.165) is 81.1 Å². The van der Waals surface area contributed by atoms with Crippen LogP contribution in [-0.4, -0.2) is 0 Å². The topological polar surface area (TPSA) is 13.0 Å². The molecular weight excluding hydrogens is 969 g/mol. The summed E-state index contributed by atoms with van der Waals surface area (Å²) in [6, 6.07) is 102. The normalized spacial score (nSPS) is 11.7. The van der Waals surface area contributed by atoms with Gasteiger partial charge in [-0.25, -0.2) is 0 Å². The smallest absolute Gasteiger partial charge is 0.0542 e. The molecule has 0 atom stereocenters. The Morgan fingerprint density at radius 2 is 0.537 bits per heavy atom. The molecule has 12 aromatic carbocycles. The van der Waals surface area contributed by atoms with Crippen molar-refractivity contribution in [2.75, 3.05) is 19.6 Å². The van der Waals surface area contributed by atoms with Gasteiger partial charge in [-0.2, -0.15) is 0 Å². The summed E-state index contributed by atoms with van der Waals surface area (Å²) in [5.74, 6) is 0. The molecule has 0 saturated carbocycles. The summed E-state index contributed by atoms with van der Waals surface area (Å²) in [4.78, 5) is 9.61. The van der Waals surface area contributed by atoms with Crippen molar-refractivity contribution >= 4 is 101 Å². The predicted octanol–water partition coefficient (Wildman–Crippen LogP) is 22.2. The Hall–Kier alpha value is -9.38. The average molecular weight is 1040 g/mol. The number of para-hydroxylation sites is 2. The fourth-order valence-electron chi connectivity index (χ4n) is 11.6. The Bertz CT molecular complexity index is 4020. The molecule has 4 nitrogen and oxygen atoms in total. The van der Waals surface area contributed by atoms with Crippen molar-refractivity contribution in [2.24, 2.45) is 10.8 Å². The molecule has 0 fully saturated rings. The maximum atomic E-state index is 2.43. The number of hydrogen-bond donors (Lipinski definition) is 0. The van der Waals surface area contributed by atoms with Crippen molar-refractivity contribution in [3.63, 3.8) is 0 Å². The Kier molecular flexibility index (Phi) is 14.0. The summed E-state index contributed by atoms with van der Waals surface area (Å²) in [6.07, 6.45) is 1.94. The molecule has 4 heteroatoms. The first-order valence-electron chi connectivity index (χ1n) is 28.1. The summed E-state index contributed by atoms with van der Waals surface area (Å²) in [5, 5.41) is 7.26. The second-order valence-corrected chi connectivity index (χ2v) is 23.5. The van der Waals surface area contributed by atoms with Crippen LogP contribution < -0.4 is 19.6 Å². The molecule has 0 aliphatic heterocycles. The van der Waals surface area contributed by atoms with Gasteiger partial charge < -0.3 is 19.6 Å². The van der Waals surface area contributed by atoms with Gasteiger partial charge in [-0.1, -0.05) is 193 Å². The molecule has 12 rings (SSSR count). The molecule has 0 saturated heterocycles. The van der Waals surface area contributed by atoms with Crippen LogP contribution in [0, 0.1) is 10.8 Å². The van der Waals surface area contributed by atoms with Gasteiger partial charge in [-0.3, -0.25) is 0 Å². The lowest BCUT2D eigenvalue weighted by molar-refractivity contribution is 0.411. The monoisotopic (exact) mass is 1040 g/mol. The molecule has 0 unspecified atom stereocenters. The van der Waals surface area contributed by atoms with Gasteiger partial charge in [0.25, 0.3) is 0 Å². The summed E-state index contributed by atoms with van der Waals surface area (Å²) < 4.78 is 0. The van der Waals surface area contributed by atoms with E-state index in [0.29, 0.717) is 0 Å². The second-order valence-electron chi connectivity index (χ2n) is 23.5. The summed E-state index contributed by atoms with van der Waals surface area (Å²) >= 11 is 0. The van der Waals surface area contributed by atoms with Crippen molar-refractivity contribution in [3.8, 4) is 0 Å². The molecule has 12 aromatic rings. The standard InChI is InChI=1S/C76H68N4/c1-75(2,3)53-55-22-19-32-68(51-55)80(73-37-21-27-58-24-14-17-34-70(58)73)67-48-42-64(43-49-67)77(62-38-44-65(45-39-62)78(60-28-9-7-10-29-60)72-36-20-26-57-23-13-16-33-69(57)72)63-40-46-66(47-41-63)79(61-30-11-8-12-31-61)74-52-56(54-76(4,5)6)50-59-25-15-18-35-71(59)74/h7-52H,53-54H2,1-6H3. The Balaban J connectivity index is 0.997. The van der Waals surface area contributed by atoms with Crippen LogP contribution in [0.2, 0.25) is 0 Å². The lowest BCUT2D eigenvalue weighted by Crippen LogP contribution is -2.15. The van der Waals surface area contributed by atoms with Gasteiger partial charge in [0, 0.05) is 67.3 Å². The van der Waals surface area contributed by atoms with E-state index in [9.17, 15) is 0 Å². The molecule has 0 amide bonds. The highest BCUT2D eigenvalue weighted by molar-refractivity contribution is 6.02. The van der Waals surface area contributed by atoms with Crippen molar-refractivity contribution in [3.05, 3.63) is 290 Å². The van der Waals surface area contributed by atoms with Crippen LogP contribution in [0.5, 0.6) is 0 Å². The highest BCUT2D eigenvalue weighted by Crippen LogP contribution is 2.46. The minimum absolute atomic E-state index is 0.125. The van der Waals surface area contributed by atoms with E-state index < -0.39 is 0 Å². The van der Waals surface area contributed by atoms with Gasteiger partial charge in [-0.05, 0) is 178 Å². The van der Waals surface area contributed by atoms with Crippen molar-refractivity contribution in [1.82, 2.24) is 0 Å². The van der Waals surface area contributed by atoms with E-state index in [1.165, 1.54) is 43.4 Å². The van der Waals surface area contributed by atoms with Gasteiger partial charge in [0.05, 0.1) is 17.1 Å². The molecule has 0 aliphatic rings. The molecule has 0 N–H and O–H groups in total. The largest absolute Gasteiger partial charge is 0.310 e. The van der Waals surface area contributed by atoms with Crippen LogP contribution >= 0.6 is 0 Å². The van der Waals surface area contributed by atoms with E-state index >= 15 is 0 Å². The first-order valence-corrected chi connectivity index (χ1v) is 28.1. The molecule has 0 bridgehead atoms. The van der Waals surface area contributed by atoms with Gasteiger partial charge in [-0.15, -0.1) is 0 Å². The van der Waals surface area contributed by atoms with Crippen LogP contribution in [0.1, 0.15) is 52.7 Å². The summed E-state index contributed by atoms with van der Waals surface area (Å²) in [6.45, 7) is 13.9. The van der Waals surface area contributed by atoms with Crippen LogP contribution in [0.3, 0.4) is 0 Å². The maximum Gasteiger partial charge on any atom is 0.0542 e. The zero-order chi connectivity index (χ0) is 54.8. The number of anilines is 12. The molecule has 0 radical (unpaired) electrons. The van der Waals surface area contributed by atoms with Crippen LogP contribution in [0.25, 0.3) is 32.3 Å².